The average Bonchev–Trinajstić information content (AvgIpc) is 3.26. The van der Waals surface area contributed by atoms with Crippen molar-refractivity contribution in [1.82, 2.24) is 9.88 Å². The Bertz CT molecular complexity index is 1320. The Balaban J connectivity index is 1.63. The number of hydrogen-bond donors (Lipinski definition) is 2. The summed E-state index contributed by atoms with van der Waals surface area (Å²) in [6, 6.07) is 8.67. The van der Waals surface area contributed by atoms with E-state index >= 15 is 4.39 Å². The van der Waals surface area contributed by atoms with Gasteiger partial charge in [0, 0.05) is 22.9 Å². The van der Waals surface area contributed by atoms with Gasteiger partial charge in [0.2, 0.25) is 0 Å². The highest BCUT2D eigenvalue weighted by molar-refractivity contribution is 9.10. The molecular weight excluding hydrogens is 554 g/mol. The van der Waals surface area contributed by atoms with Crippen molar-refractivity contribution in [1.29, 1.82) is 0 Å². The molecule has 1 aromatic heterocycles. The number of carbonyl (C=O) groups is 1. The number of likely N-dealkylation sites (tertiary alicyclic amines) is 1. The molecule has 1 fully saturated rings. The number of anilines is 2. The standard InChI is InChI=1S/C21H19BrF2N4O4S2/c22-15-8-16(25-9-13-4-1-2-5-14(13)10-27-6-3-7-27)18(23)19(24)20(15)34(31,32)28(21(29)30)17-11-33-12-26-17/h1-2,4-5,8,11-12,25H,3,6-7,9-10H2,(H,29,30). The van der Waals surface area contributed by atoms with Crippen LogP contribution in [0.2, 0.25) is 0 Å². The van der Waals surface area contributed by atoms with E-state index in [1.807, 2.05) is 24.3 Å². The minimum Gasteiger partial charge on any atom is -0.464 e. The third kappa shape index (κ3) is 4.78. The van der Waals surface area contributed by atoms with Gasteiger partial charge in [0.1, 0.15) is 4.90 Å². The summed E-state index contributed by atoms with van der Waals surface area (Å²) in [6.07, 6.45) is -0.755. The normalized spacial score (nSPS) is 14.0. The summed E-state index contributed by atoms with van der Waals surface area (Å²) < 4.78 is 55.5. The lowest BCUT2D eigenvalue weighted by Gasteiger charge is -2.31. The van der Waals surface area contributed by atoms with E-state index in [1.165, 1.54) is 10.9 Å². The minimum absolute atomic E-state index is 0.0920. The predicted molar refractivity (Wildman–Crippen MR) is 128 cm³/mol. The van der Waals surface area contributed by atoms with Crippen LogP contribution in [0, 0.1) is 11.6 Å². The molecule has 0 spiro atoms. The Kier molecular flexibility index (Phi) is 7.17. The maximum absolute atomic E-state index is 15.0. The van der Waals surface area contributed by atoms with Crippen molar-refractivity contribution in [3.05, 3.63) is 68.5 Å². The lowest BCUT2D eigenvalue weighted by molar-refractivity contribution is 0.172. The van der Waals surface area contributed by atoms with Gasteiger partial charge in [0.05, 0.1) is 11.2 Å². The maximum atomic E-state index is 15.0. The second-order valence-corrected chi connectivity index (χ2v) is 10.8. The number of benzene rings is 2. The van der Waals surface area contributed by atoms with Crippen LogP contribution in [0.15, 0.2) is 50.6 Å². The van der Waals surface area contributed by atoms with E-state index in [1.54, 1.807) is 0 Å². The Labute approximate surface area is 207 Å². The van der Waals surface area contributed by atoms with Gasteiger partial charge in [-0.25, -0.2) is 27.0 Å². The van der Waals surface area contributed by atoms with Gasteiger partial charge in [0.25, 0.3) is 10.0 Å². The first-order valence-corrected chi connectivity index (χ1v) is 13.2. The summed E-state index contributed by atoms with van der Waals surface area (Å²) in [6.45, 7) is 2.95. The van der Waals surface area contributed by atoms with E-state index in [4.69, 9.17) is 0 Å². The molecule has 1 aliphatic heterocycles. The molecule has 2 aromatic carbocycles. The van der Waals surface area contributed by atoms with Crippen molar-refractivity contribution < 1.29 is 27.1 Å². The SMILES string of the molecule is O=C(O)N(c1cscn1)S(=O)(=O)c1c(Br)cc(NCc2ccccc2CN2CCC2)c(F)c1F. The monoisotopic (exact) mass is 572 g/mol. The van der Waals surface area contributed by atoms with Crippen LogP contribution >= 0.6 is 27.3 Å². The Morgan fingerprint density at radius 3 is 2.53 bits per heavy atom. The number of thiazole rings is 1. The van der Waals surface area contributed by atoms with Gasteiger partial charge in [-0.05, 0) is 52.6 Å². The average molecular weight is 573 g/mol. The molecule has 13 heteroatoms. The lowest BCUT2D eigenvalue weighted by atomic mass is 10.1. The van der Waals surface area contributed by atoms with Crippen molar-refractivity contribution >= 4 is 54.9 Å². The molecule has 0 unspecified atom stereocenters. The first kappa shape index (κ1) is 24.5. The number of amides is 1. The van der Waals surface area contributed by atoms with E-state index in [2.05, 4.69) is 31.1 Å². The summed E-state index contributed by atoms with van der Waals surface area (Å²) in [5.74, 6) is -3.58. The molecule has 2 N–H and O–H groups in total. The minimum atomic E-state index is -5.02. The highest BCUT2D eigenvalue weighted by Gasteiger charge is 2.38. The molecule has 3 aromatic rings. The Hall–Kier alpha value is -2.61. The third-order valence-electron chi connectivity index (χ3n) is 5.35. The van der Waals surface area contributed by atoms with Crippen molar-refractivity contribution in [3.8, 4) is 0 Å². The fourth-order valence-corrected chi connectivity index (χ4v) is 6.48. The third-order valence-corrected chi connectivity index (χ3v) is 8.55. The van der Waals surface area contributed by atoms with Crippen LogP contribution in [0.25, 0.3) is 0 Å². The van der Waals surface area contributed by atoms with Crippen molar-refractivity contribution in [2.45, 2.75) is 24.4 Å². The molecule has 0 aliphatic carbocycles. The fraction of sp³-hybridized carbons (Fsp3) is 0.238. The number of nitrogens with one attached hydrogen (secondary N) is 1. The number of nitrogens with zero attached hydrogens (tertiary/aromatic N) is 3. The first-order chi connectivity index (χ1) is 16.2. The van der Waals surface area contributed by atoms with Crippen molar-refractivity contribution in [2.75, 3.05) is 22.7 Å². The Morgan fingerprint density at radius 1 is 1.24 bits per heavy atom. The molecule has 2 heterocycles. The van der Waals surface area contributed by atoms with Gasteiger partial charge in [-0.1, -0.05) is 24.3 Å². The zero-order chi connectivity index (χ0) is 24.5. The quantitative estimate of drug-likeness (QED) is 0.371. The number of aromatic nitrogens is 1. The van der Waals surface area contributed by atoms with Crippen LogP contribution in [-0.4, -0.2) is 42.6 Å². The van der Waals surface area contributed by atoms with Gasteiger partial charge in [-0.2, -0.15) is 0 Å². The van der Waals surface area contributed by atoms with Crippen molar-refractivity contribution in [2.24, 2.45) is 0 Å². The van der Waals surface area contributed by atoms with Crippen LogP contribution in [0.3, 0.4) is 0 Å². The zero-order valence-corrected chi connectivity index (χ0v) is 20.8. The van der Waals surface area contributed by atoms with Crippen LogP contribution in [0.4, 0.5) is 25.1 Å². The number of rotatable bonds is 8. The van der Waals surface area contributed by atoms with E-state index in [0.29, 0.717) is 0 Å². The molecule has 0 radical (unpaired) electrons. The van der Waals surface area contributed by atoms with Gasteiger partial charge in [-0.15, -0.1) is 15.6 Å². The topological polar surface area (TPSA) is 103 Å². The van der Waals surface area contributed by atoms with Gasteiger partial charge >= 0.3 is 6.09 Å². The van der Waals surface area contributed by atoms with Gasteiger partial charge < -0.3 is 10.4 Å². The Morgan fingerprint density at radius 2 is 1.94 bits per heavy atom. The summed E-state index contributed by atoms with van der Waals surface area (Å²) in [7, 11) is -5.02. The second kappa shape index (κ2) is 9.94. The van der Waals surface area contributed by atoms with E-state index in [-0.39, 0.29) is 21.0 Å². The number of sulfonamides is 1. The van der Waals surface area contributed by atoms with Crippen LogP contribution in [0.1, 0.15) is 17.5 Å². The molecule has 1 aliphatic rings. The van der Waals surface area contributed by atoms with Crippen LogP contribution in [0.5, 0.6) is 0 Å². The lowest BCUT2D eigenvalue weighted by Crippen LogP contribution is -2.37. The van der Waals surface area contributed by atoms with Crippen LogP contribution in [-0.2, 0) is 23.1 Å². The summed E-state index contributed by atoms with van der Waals surface area (Å²) in [5.41, 5.74) is 2.90. The molecule has 0 bridgehead atoms. The fourth-order valence-electron chi connectivity index (χ4n) is 3.52. The smallest absolute Gasteiger partial charge is 0.427 e. The predicted octanol–water partition coefficient (Wildman–Crippen LogP) is 4.87. The molecule has 1 saturated heterocycles. The summed E-state index contributed by atoms with van der Waals surface area (Å²) >= 11 is 3.92. The number of halogens is 3. The molecular formula is C21H19BrF2N4O4S2. The van der Waals surface area contributed by atoms with Crippen molar-refractivity contribution in [3.63, 3.8) is 0 Å². The second-order valence-electron chi connectivity index (χ2n) is 7.51. The molecule has 0 atom stereocenters. The highest BCUT2D eigenvalue weighted by Crippen LogP contribution is 2.35. The summed E-state index contributed by atoms with van der Waals surface area (Å²) in [5, 5.41) is 13.4. The molecule has 4 rings (SSSR count). The van der Waals surface area contributed by atoms with Gasteiger partial charge in [0.15, 0.2) is 17.5 Å². The summed E-state index contributed by atoms with van der Waals surface area (Å²) in [4.78, 5) is 16.5. The van der Waals surface area contributed by atoms with E-state index in [9.17, 15) is 22.7 Å². The largest absolute Gasteiger partial charge is 0.464 e. The van der Waals surface area contributed by atoms with Crippen LogP contribution < -0.4 is 9.62 Å². The molecule has 8 nitrogen and oxygen atoms in total. The van der Waals surface area contributed by atoms with Gasteiger partial charge in [-0.3, -0.25) is 4.90 Å². The molecule has 1 amide bonds. The maximum Gasteiger partial charge on any atom is 0.427 e. The molecule has 34 heavy (non-hydrogen) atoms. The van der Waals surface area contributed by atoms with E-state index < -0.39 is 38.5 Å². The molecule has 0 saturated carbocycles. The number of carboxylic acid groups (broad SMARTS) is 1. The molecule has 180 valence electrons. The highest BCUT2D eigenvalue weighted by atomic mass is 79.9. The first-order valence-electron chi connectivity index (χ1n) is 10.1. The van der Waals surface area contributed by atoms with E-state index in [0.717, 1.165) is 54.6 Å². The zero-order valence-electron chi connectivity index (χ0n) is 17.5. The number of hydrogen-bond acceptors (Lipinski definition) is 7.